The molecule has 4 bridgehead atoms. The van der Waals surface area contributed by atoms with Crippen LogP contribution in [-0.2, 0) is 4.74 Å². The largest absolute Gasteiger partial charge is 0.385 e. The molecule has 0 aliphatic heterocycles. The van der Waals surface area contributed by atoms with Crippen LogP contribution in [0.5, 0.6) is 0 Å². The number of quaternary nitrogens is 1. The van der Waals surface area contributed by atoms with Gasteiger partial charge in [0, 0.05) is 10.4 Å². The first-order chi connectivity index (χ1) is 13.5. The van der Waals surface area contributed by atoms with Crippen molar-refractivity contribution in [2.24, 2.45) is 23.2 Å². The summed E-state index contributed by atoms with van der Waals surface area (Å²) < 4.78 is 5.93. The Labute approximate surface area is 175 Å². The lowest BCUT2D eigenvalue weighted by molar-refractivity contribution is -0.711. The molecule has 3 N–H and O–H groups in total. The molecule has 3 nitrogen and oxygen atoms in total. The van der Waals surface area contributed by atoms with Gasteiger partial charge in [-0.15, -0.1) is 0 Å². The maximum atomic E-state index is 10.5. The average molecular weight is 407 g/mol. The molecule has 4 saturated carbocycles. The molecule has 0 amide bonds. The summed E-state index contributed by atoms with van der Waals surface area (Å²) in [4.78, 5) is 0. The SMILES string of the molecule is CC[C@H]([NH2+]C[C@H](O)CO[C@@H](C)c1ccc(Cl)cc1)C12CC3CC(CC(C3)C1)C2. The zero-order valence-electron chi connectivity index (χ0n) is 17.4. The van der Waals surface area contributed by atoms with Crippen LogP contribution in [0.25, 0.3) is 0 Å². The van der Waals surface area contributed by atoms with Gasteiger partial charge in [-0.1, -0.05) is 30.7 Å². The number of ether oxygens (including phenoxy) is 1. The van der Waals surface area contributed by atoms with Crippen LogP contribution in [0.3, 0.4) is 0 Å². The lowest BCUT2D eigenvalue weighted by Gasteiger charge is -2.58. The van der Waals surface area contributed by atoms with Crippen LogP contribution < -0.4 is 5.32 Å². The van der Waals surface area contributed by atoms with Crippen molar-refractivity contribution < 1.29 is 15.2 Å². The van der Waals surface area contributed by atoms with Gasteiger partial charge in [-0.2, -0.15) is 0 Å². The number of aliphatic hydroxyl groups is 1. The predicted octanol–water partition coefficient (Wildman–Crippen LogP) is 4.34. The summed E-state index contributed by atoms with van der Waals surface area (Å²) in [5.41, 5.74) is 1.64. The van der Waals surface area contributed by atoms with Gasteiger partial charge in [-0.05, 0) is 87.3 Å². The first-order valence-corrected chi connectivity index (χ1v) is 11.7. The van der Waals surface area contributed by atoms with Crippen LogP contribution in [0.1, 0.15) is 70.5 Å². The minimum absolute atomic E-state index is 0.0305. The van der Waals surface area contributed by atoms with Gasteiger partial charge < -0.3 is 15.2 Å². The minimum atomic E-state index is -0.419. The van der Waals surface area contributed by atoms with Crippen LogP contribution in [0.15, 0.2) is 24.3 Å². The lowest BCUT2D eigenvalue weighted by Crippen LogP contribution is -2.95. The molecule has 156 valence electrons. The number of nitrogens with two attached hydrogens (primary N) is 1. The monoisotopic (exact) mass is 406 g/mol. The molecule has 1 aromatic carbocycles. The van der Waals surface area contributed by atoms with Crippen molar-refractivity contribution in [3.05, 3.63) is 34.9 Å². The fourth-order valence-corrected chi connectivity index (χ4v) is 7.08. The summed E-state index contributed by atoms with van der Waals surface area (Å²) in [5, 5.41) is 13.7. The Morgan fingerprint density at radius 2 is 1.68 bits per heavy atom. The Morgan fingerprint density at radius 3 is 2.21 bits per heavy atom. The third-order valence-corrected chi connectivity index (χ3v) is 8.13. The molecule has 0 unspecified atom stereocenters. The zero-order chi connectivity index (χ0) is 19.7. The van der Waals surface area contributed by atoms with Crippen molar-refractivity contribution >= 4 is 11.6 Å². The van der Waals surface area contributed by atoms with Crippen LogP contribution >= 0.6 is 11.6 Å². The van der Waals surface area contributed by atoms with Crippen LogP contribution in [0, 0.1) is 23.2 Å². The van der Waals surface area contributed by atoms with Gasteiger partial charge in [0.2, 0.25) is 0 Å². The quantitative estimate of drug-likeness (QED) is 0.640. The summed E-state index contributed by atoms with van der Waals surface area (Å²) in [6.45, 7) is 5.50. The molecule has 1 aromatic rings. The summed E-state index contributed by atoms with van der Waals surface area (Å²) in [6, 6.07) is 8.41. The normalized spacial score (nSPS) is 34.4. The second-order valence-corrected chi connectivity index (χ2v) is 10.4. The number of rotatable bonds is 9. The van der Waals surface area contributed by atoms with E-state index in [9.17, 15) is 5.11 Å². The average Bonchev–Trinajstić information content (AvgIpc) is 2.66. The molecule has 5 rings (SSSR count). The van der Waals surface area contributed by atoms with Crippen molar-refractivity contribution in [3.63, 3.8) is 0 Å². The maximum Gasteiger partial charge on any atom is 0.126 e. The molecule has 4 heteroatoms. The molecular formula is C24H37ClNO2+. The van der Waals surface area contributed by atoms with E-state index >= 15 is 0 Å². The molecule has 4 aliphatic carbocycles. The van der Waals surface area contributed by atoms with E-state index in [0.717, 1.165) is 34.9 Å². The fraction of sp³-hybridized carbons (Fsp3) is 0.750. The van der Waals surface area contributed by atoms with Crippen LogP contribution in [0.2, 0.25) is 5.02 Å². The predicted molar refractivity (Wildman–Crippen MR) is 113 cm³/mol. The lowest BCUT2D eigenvalue weighted by atomic mass is 9.47. The highest BCUT2D eigenvalue weighted by Crippen LogP contribution is 2.61. The van der Waals surface area contributed by atoms with Gasteiger partial charge in [0.25, 0.3) is 0 Å². The van der Waals surface area contributed by atoms with Crippen molar-refractivity contribution in [1.82, 2.24) is 0 Å². The summed E-state index contributed by atoms with van der Waals surface area (Å²) in [7, 11) is 0. The zero-order valence-corrected chi connectivity index (χ0v) is 18.2. The summed E-state index contributed by atoms with van der Waals surface area (Å²) in [6.07, 6.45) is 9.56. The molecule has 28 heavy (non-hydrogen) atoms. The number of hydrogen-bond acceptors (Lipinski definition) is 2. The minimum Gasteiger partial charge on any atom is -0.385 e. The smallest absolute Gasteiger partial charge is 0.126 e. The summed E-state index contributed by atoms with van der Waals surface area (Å²) in [5.74, 6) is 2.96. The third-order valence-electron chi connectivity index (χ3n) is 7.88. The van der Waals surface area contributed by atoms with E-state index in [-0.39, 0.29) is 6.10 Å². The molecule has 0 saturated heterocycles. The Balaban J connectivity index is 1.26. The molecule has 0 radical (unpaired) electrons. The third kappa shape index (κ3) is 4.43. The van der Waals surface area contributed by atoms with E-state index in [4.69, 9.17) is 16.3 Å². The number of benzene rings is 1. The maximum absolute atomic E-state index is 10.5. The Kier molecular flexibility index (Phi) is 6.37. The molecule has 4 aliphatic rings. The fourth-order valence-electron chi connectivity index (χ4n) is 6.96. The van der Waals surface area contributed by atoms with E-state index in [0.29, 0.717) is 18.1 Å². The van der Waals surface area contributed by atoms with Crippen LogP contribution in [-0.4, -0.2) is 30.4 Å². The van der Waals surface area contributed by atoms with Gasteiger partial charge in [-0.3, -0.25) is 0 Å². The van der Waals surface area contributed by atoms with E-state index < -0.39 is 6.10 Å². The second kappa shape index (κ2) is 8.63. The molecular weight excluding hydrogens is 370 g/mol. The van der Waals surface area contributed by atoms with Gasteiger partial charge in [0.1, 0.15) is 12.6 Å². The van der Waals surface area contributed by atoms with Gasteiger partial charge in [-0.25, -0.2) is 0 Å². The topological polar surface area (TPSA) is 46.1 Å². The summed E-state index contributed by atoms with van der Waals surface area (Å²) >= 11 is 5.96. The first-order valence-electron chi connectivity index (χ1n) is 11.4. The first kappa shape index (κ1) is 20.7. The standard InChI is InChI=1S/C24H36ClNO2/c1-3-23(24-11-17-8-18(12-24)10-19(9-17)13-24)26-14-22(27)15-28-16(2)20-4-6-21(25)7-5-20/h4-7,16-19,22-23,26-27H,3,8-15H2,1-2H3/p+1/t16-,17?,18?,19?,22-,23-,24?/m0/s1. The van der Waals surface area contributed by atoms with Crippen molar-refractivity contribution in [3.8, 4) is 0 Å². The van der Waals surface area contributed by atoms with Crippen molar-refractivity contribution in [2.45, 2.75) is 77.0 Å². The Morgan fingerprint density at radius 1 is 1.11 bits per heavy atom. The van der Waals surface area contributed by atoms with Crippen LogP contribution in [0.4, 0.5) is 0 Å². The molecule has 3 atom stereocenters. The highest BCUT2D eigenvalue weighted by Gasteiger charge is 2.55. The van der Waals surface area contributed by atoms with Gasteiger partial charge >= 0.3 is 0 Å². The highest BCUT2D eigenvalue weighted by atomic mass is 35.5. The van der Waals surface area contributed by atoms with E-state index in [1.54, 1.807) is 0 Å². The molecule has 0 spiro atoms. The van der Waals surface area contributed by atoms with E-state index in [1.165, 1.54) is 44.9 Å². The highest BCUT2D eigenvalue weighted by molar-refractivity contribution is 6.30. The van der Waals surface area contributed by atoms with E-state index in [1.807, 2.05) is 31.2 Å². The Hall–Kier alpha value is -0.610. The van der Waals surface area contributed by atoms with Gasteiger partial charge in [0.15, 0.2) is 0 Å². The number of halogens is 1. The molecule has 4 fully saturated rings. The Bertz CT molecular complexity index is 611. The van der Waals surface area contributed by atoms with Gasteiger partial charge in [0.05, 0.1) is 18.8 Å². The van der Waals surface area contributed by atoms with E-state index in [2.05, 4.69) is 12.2 Å². The second-order valence-electron chi connectivity index (χ2n) is 9.95. The van der Waals surface area contributed by atoms with Crippen molar-refractivity contribution in [1.29, 1.82) is 0 Å². The molecule has 0 heterocycles. The number of hydrogen-bond donors (Lipinski definition) is 2. The number of aliphatic hydroxyl groups excluding tert-OH is 1. The molecule has 0 aromatic heterocycles. The van der Waals surface area contributed by atoms with Crippen molar-refractivity contribution in [2.75, 3.05) is 13.2 Å².